The number of aromatic nitrogens is 3. The van der Waals surface area contributed by atoms with E-state index in [-0.39, 0.29) is 5.16 Å². The molecule has 31 heavy (non-hydrogen) atoms. The van der Waals surface area contributed by atoms with E-state index in [1.54, 1.807) is 20.8 Å². The molecule has 0 saturated heterocycles. The van der Waals surface area contributed by atoms with Crippen LogP contribution in [0.4, 0.5) is 14.9 Å². The molecule has 1 amide bonds. The van der Waals surface area contributed by atoms with Crippen molar-refractivity contribution in [2.75, 3.05) is 23.5 Å². The minimum atomic E-state index is -1.33. The van der Waals surface area contributed by atoms with Crippen molar-refractivity contribution < 1.29 is 18.1 Å². The first-order valence-corrected chi connectivity index (χ1v) is 12.4. The molecule has 0 aliphatic carbocycles. The van der Waals surface area contributed by atoms with E-state index in [0.29, 0.717) is 38.4 Å². The molecular formula is C21H27FN4O3S2. The fourth-order valence-corrected chi connectivity index (χ4v) is 4.88. The molecule has 1 atom stereocenters. The lowest BCUT2D eigenvalue weighted by Gasteiger charge is -2.25. The van der Waals surface area contributed by atoms with Crippen LogP contribution in [0.25, 0.3) is 21.9 Å². The van der Waals surface area contributed by atoms with Crippen molar-refractivity contribution >= 4 is 56.3 Å². The molecular weight excluding hydrogens is 439 g/mol. The Bertz CT molecular complexity index is 1160. The molecule has 1 N–H and O–H groups in total. The van der Waals surface area contributed by atoms with E-state index in [1.807, 2.05) is 13.8 Å². The number of fused-ring (bicyclic) bond motifs is 3. The van der Waals surface area contributed by atoms with Crippen LogP contribution in [0.15, 0.2) is 22.3 Å². The number of aromatic amines is 1. The first-order chi connectivity index (χ1) is 14.6. The highest BCUT2D eigenvalue weighted by atomic mass is 32.2. The number of nitrogens with zero attached hydrogens (tertiary/aromatic N) is 3. The molecule has 0 aliphatic rings. The Morgan fingerprint density at radius 1 is 1.29 bits per heavy atom. The number of anilines is 1. The summed E-state index contributed by atoms with van der Waals surface area (Å²) in [4.78, 5) is 26.1. The standard InChI is InChI=1S/C21H27FN4O3S2/c1-7-9-31(28)19-24-17-15(18(25-19)30-8-2)13-10-12(22)11-14(16(13)23-17)26(6)20(27)29-21(3,4)5/h10-11H,7-9H2,1-6H3,(H,23,24,25). The molecule has 3 aromatic rings. The first kappa shape index (κ1) is 23.5. The summed E-state index contributed by atoms with van der Waals surface area (Å²) in [5.41, 5.74) is 0.638. The van der Waals surface area contributed by atoms with Crippen molar-refractivity contribution in [3.63, 3.8) is 0 Å². The smallest absolute Gasteiger partial charge is 0.414 e. The van der Waals surface area contributed by atoms with Crippen LogP contribution >= 0.6 is 11.8 Å². The van der Waals surface area contributed by atoms with Crippen LogP contribution in [0, 0.1) is 5.82 Å². The van der Waals surface area contributed by atoms with Crippen molar-refractivity contribution in [2.45, 2.75) is 56.8 Å². The van der Waals surface area contributed by atoms with Gasteiger partial charge >= 0.3 is 6.09 Å². The number of ether oxygens (including phenoxy) is 1. The lowest BCUT2D eigenvalue weighted by molar-refractivity contribution is 0.0589. The average molecular weight is 467 g/mol. The monoisotopic (exact) mass is 466 g/mol. The van der Waals surface area contributed by atoms with Gasteiger partial charge in [-0.2, -0.15) is 0 Å². The number of halogens is 1. The van der Waals surface area contributed by atoms with Gasteiger partial charge in [0.2, 0.25) is 5.16 Å². The normalized spacial score (nSPS) is 13.0. The largest absolute Gasteiger partial charge is 0.443 e. The molecule has 0 aliphatic heterocycles. The maximum absolute atomic E-state index is 14.6. The quantitative estimate of drug-likeness (QED) is 0.303. The van der Waals surface area contributed by atoms with Gasteiger partial charge in [-0.05, 0) is 45.1 Å². The van der Waals surface area contributed by atoms with Crippen LogP contribution in [0.2, 0.25) is 0 Å². The maximum Gasteiger partial charge on any atom is 0.414 e. The lowest BCUT2D eigenvalue weighted by Crippen LogP contribution is -2.34. The van der Waals surface area contributed by atoms with Crippen LogP contribution in [0.1, 0.15) is 41.0 Å². The SMILES string of the molecule is CCCS(=O)c1nc(SCC)c2c(n1)[nH]c1c(N(C)C(=O)OC(C)(C)C)cc(F)cc12. The average Bonchev–Trinajstić information content (AvgIpc) is 3.04. The Morgan fingerprint density at radius 2 is 2.00 bits per heavy atom. The summed E-state index contributed by atoms with van der Waals surface area (Å²) in [6.45, 7) is 9.24. The van der Waals surface area contributed by atoms with Crippen LogP contribution < -0.4 is 4.90 Å². The lowest BCUT2D eigenvalue weighted by atomic mass is 10.1. The number of amides is 1. The maximum atomic E-state index is 14.6. The molecule has 3 rings (SSSR count). The fourth-order valence-electron chi connectivity index (χ4n) is 3.11. The summed E-state index contributed by atoms with van der Waals surface area (Å²) < 4.78 is 32.6. The van der Waals surface area contributed by atoms with Crippen LogP contribution in [0.3, 0.4) is 0 Å². The predicted octanol–water partition coefficient (Wildman–Crippen LogP) is 5.25. The van der Waals surface area contributed by atoms with Crippen LogP contribution in [-0.2, 0) is 15.5 Å². The molecule has 10 heteroatoms. The molecule has 0 bridgehead atoms. The number of rotatable bonds is 6. The van der Waals surface area contributed by atoms with E-state index in [9.17, 15) is 13.4 Å². The van der Waals surface area contributed by atoms with Crippen molar-refractivity contribution in [3.05, 3.63) is 17.9 Å². The number of nitrogens with one attached hydrogen (secondary N) is 1. The second-order valence-corrected chi connectivity index (χ2v) is 10.7. The fraction of sp³-hybridized carbons (Fsp3) is 0.476. The second kappa shape index (κ2) is 9.12. The van der Waals surface area contributed by atoms with Gasteiger partial charge in [0.15, 0.2) is 0 Å². The van der Waals surface area contributed by atoms with Crippen LogP contribution in [-0.4, -0.2) is 49.4 Å². The molecule has 0 saturated carbocycles. The van der Waals surface area contributed by atoms with E-state index in [0.717, 1.165) is 12.2 Å². The molecule has 2 heterocycles. The van der Waals surface area contributed by atoms with Crippen molar-refractivity contribution in [2.24, 2.45) is 0 Å². The number of hydrogen-bond acceptors (Lipinski definition) is 6. The molecule has 168 valence electrons. The van der Waals surface area contributed by atoms with Crippen molar-refractivity contribution in [3.8, 4) is 0 Å². The number of hydrogen-bond donors (Lipinski definition) is 1. The summed E-state index contributed by atoms with van der Waals surface area (Å²) >= 11 is 1.47. The van der Waals surface area contributed by atoms with Gasteiger partial charge in [-0.25, -0.2) is 19.2 Å². The van der Waals surface area contributed by atoms with E-state index >= 15 is 0 Å². The highest BCUT2D eigenvalue weighted by molar-refractivity contribution is 7.99. The van der Waals surface area contributed by atoms with E-state index < -0.39 is 28.3 Å². The zero-order valence-corrected chi connectivity index (χ0v) is 20.2. The molecule has 7 nitrogen and oxygen atoms in total. The van der Waals surface area contributed by atoms with Gasteiger partial charge in [0.1, 0.15) is 22.1 Å². The first-order valence-electron chi connectivity index (χ1n) is 10.1. The van der Waals surface area contributed by atoms with Crippen molar-refractivity contribution in [1.29, 1.82) is 0 Å². The van der Waals surface area contributed by atoms with E-state index in [4.69, 9.17) is 4.74 Å². The number of carbonyl (C=O) groups excluding carboxylic acids is 1. The number of H-pyrrole nitrogens is 1. The summed E-state index contributed by atoms with van der Waals surface area (Å²) in [5, 5.41) is 2.09. The van der Waals surface area contributed by atoms with Crippen LogP contribution in [0.5, 0.6) is 0 Å². The third-order valence-corrected chi connectivity index (χ3v) is 6.58. The molecule has 0 spiro atoms. The summed E-state index contributed by atoms with van der Waals surface area (Å²) in [7, 11) is 0.204. The van der Waals surface area contributed by atoms with Gasteiger partial charge in [-0.1, -0.05) is 13.8 Å². The molecule has 1 aromatic carbocycles. The summed E-state index contributed by atoms with van der Waals surface area (Å²) in [5.74, 6) is 0.701. The Labute approximate surface area is 187 Å². The highest BCUT2D eigenvalue weighted by Crippen LogP contribution is 2.37. The molecule has 2 aromatic heterocycles. The Balaban J connectivity index is 2.24. The van der Waals surface area contributed by atoms with Gasteiger partial charge < -0.3 is 9.72 Å². The van der Waals surface area contributed by atoms with Gasteiger partial charge in [-0.3, -0.25) is 9.11 Å². The predicted molar refractivity (Wildman–Crippen MR) is 124 cm³/mol. The van der Waals surface area contributed by atoms with E-state index in [1.165, 1.54) is 35.8 Å². The number of carbonyl (C=O) groups is 1. The van der Waals surface area contributed by atoms with Gasteiger partial charge in [0.05, 0.1) is 27.4 Å². The minimum Gasteiger partial charge on any atom is -0.443 e. The number of benzene rings is 1. The van der Waals surface area contributed by atoms with E-state index in [2.05, 4.69) is 15.0 Å². The highest BCUT2D eigenvalue weighted by Gasteiger charge is 2.25. The van der Waals surface area contributed by atoms with Gasteiger partial charge in [0.25, 0.3) is 0 Å². The summed E-state index contributed by atoms with van der Waals surface area (Å²) in [6.07, 6.45) is 0.143. The van der Waals surface area contributed by atoms with Gasteiger partial charge in [0, 0.05) is 18.2 Å². The second-order valence-electron chi connectivity index (χ2n) is 8.03. The zero-order chi connectivity index (χ0) is 22.9. The van der Waals surface area contributed by atoms with Crippen molar-refractivity contribution in [1.82, 2.24) is 15.0 Å². The third-order valence-electron chi connectivity index (χ3n) is 4.35. The Kier molecular flexibility index (Phi) is 6.90. The number of thioether (sulfide) groups is 1. The molecule has 1 unspecified atom stereocenters. The molecule has 0 radical (unpaired) electrons. The zero-order valence-electron chi connectivity index (χ0n) is 18.5. The van der Waals surface area contributed by atoms with Gasteiger partial charge in [-0.15, -0.1) is 11.8 Å². The Hall–Kier alpha value is -2.20. The third kappa shape index (κ3) is 5.01. The topological polar surface area (TPSA) is 88.2 Å². The Morgan fingerprint density at radius 3 is 2.61 bits per heavy atom. The summed E-state index contributed by atoms with van der Waals surface area (Å²) in [6, 6.07) is 2.67. The minimum absolute atomic E-state index is 0.249. The molecule has 0 fully saturated rings.